The van der Waals surface area contributed by atoms with Crippen LogP contribution in [0.4, 0.5) is 5.69 Å². The Balaban J connectivity index is 2.16. The van der Waals surface area contributed by atoms with E-state index in [2.05, 4.69) is 10.6 Å². The van der Waals surface area contributed by atoms with Gasteiger partial charge >= 0.3 is 0 Å². The van der Waals surface area contributed by atoms with E-state index in [1.54, 1.807) is 12.1 Å². The molecule has 1 aliphatic rings. The Morgan fingerprint density at radius 1 is 1.41 bits per heavy atom. The molecule has 5 nitrogen and oxygen atoms in total. The second kappa shape index (κ2) is 6.79. The number of piperidine rings is 1. The maximum Gasteiger partial charge on any atom is 0.229 e. The molecule has 22 heavy (non-hydrogen) atoms. The van der Waals surface area contributed by atoms with Crippen molar-refractivity contribution < 1.29 is 13.2 Å². The fourth-order valence-electron chi connectivity index (χ4n) is 2.89. The van der Waals surface area contributed by atoms with Crippen molar-refractivity contribution in [1.29, 1.82) is 0 Å². The molecule has 1 aliphatic heterocycles. The maximum absolute atomic E-state index is 12.5. The molecule has 1 aromatic rings. The lowest BCUT2D eigenvalue weighted by Gasteiger charge is -2.29. The Labute approximate surface area is 132 Å². The molecule has 0 saturated carbocycles. The van der Waals surface area contributed by atoms with Crippen molar-refractivity contribution in [3.05, 3.63) is 29.3 Å². The third-order valence-electron chi connectivity index (χ3n) is 4.22. The zero-order valence-electron chi connectivity index (χ0n) is 13.3. The van der Waals surface area contributed by atoms with Crippen LogP contribution in [0.5, 0.6) is 0 Å². The third kappa shape index (κ3) is 4.30. The van der Waals surface area contributed by atoms with E-state index in [0.29, 0.717) is 5.69 Å². The van der Waals surface area contributed by atoms with E-state index in [-0.39, 0.29) is 23.6 Å². The Hall–Kier alpha value is -1.40. The molecule has 0 aromatic heterocycles. The second-order valence-corrected chi connectivity index (χ2v) is 8.28. The average molecular weight is 324 g/mol. The summed E-state index contributed by atoms with van der Waals surface area (Å²) in [5, 5.41) is 6.28. The summed E-state index contributed by atoms with van der Waals surface area (Å²) in [6.07, 6.45) is 3.09. The Morgan fingerprint density at radius 2 is 2.14 bits per heavy atom. The molecule has 1 heterocycles. The number of nitrogens with one attached hydrogen (secondary N) is 2. The number of carbonyl (C=O) groups excluding carboxylic acids is 1. The van der Waals surface area contributed by atoms with E-state index in [4.69, 9.17) is 0 Å². The van der Waals surface area contributed by atoms with E-state index in [0.717, 1.165) is 30.5 Å². The highest BCUT2D eigenvalue weighted by molar-refractivity contribution is 7.89. The van der Waals surface area contributed by atoms with Gasteiger partial charge in [0.2, 0.25) is 5.91 Å². The first-order valence-electron chi connectivity index (χ1n) is 7.58. The lowest BCUT2D eigenvalue weighted by Crippen LogP contribution is -2.44. The van der Waals surface area contributed by atoms with Crippen LogP contribution in [0.1, 0.15) is 30.9 Å². The molecule has 0 radical (unpaired) electrons. The summed E-state index contributed by atoms with van der Waals surface area (Å²) >= 11 is 0. The van der Waals surface area contributed by atoms with Crippen LogP contribution < -0.4 is 10.6 Å². The summed E-state index contributed by atoms with van der Waals surface area (Å²) in [4.78, 5) is 12.5. The van der Waals surface area contributed by atoms with Crippen molar-refractivity contribution in [3.8, 4) is 0 Å². The number of anilines is 1. The second-order valence-electron chi connectivity index (χ2n) is 6.14. The Bertz CT molecular complexity index is 655. The minimum atomic E-state index is -3.10. The SMILES string of the molecule is Cc1c(CS(C)(=O)=O)cccc1NC(=O)[C@@H]1CCCN[C@@H]1C. The van der Waals surface area contributed by atoms with Crippen LogP contribution in [0.3, 0.4) is 0 Å². The van der Waals surface area contributed by atoms with E-state index < -0.39 is 9.84 Å². The summed E-state index contributed by atoms with van der Waals surface area (Å²) in [6.45, 7) is 4.82. The van der Waals surface area contributed by atoms with Gasteiger partial charge in [0.1, 0.15) is 0 Å². The topological polar surface area (TPSA) is 75.3 Å². The maximum atomic E-state index is 12.5. The summed E-state index contributed by atoms with van der Waals surface area (Å²) in [5.74, 6) is -0.0600. The molecule has 0 spiro atoms. The highest BCUT2D eigenvalue weighted by atomic mass is 32.2. The molecule has 2 N–H and O–H groups in total. The molecule has 1 fully saturated rings. The van der Waals surface area contributed by atoms with Crippen molar-refractivity contribution in [2.24, 2.45) is 5.92 Å². The summed E-state index contributed by atoms with van der Waals surface area (Å²) < 4.78 is 23.0. The molecule has 2 atom stereocenters. The molecular weight excluding hydrogens is 300 g/mol. The normalized spacial score (nSPS) is 22.3. The predicted octanol–water partition coefficient (Wildman–Crippen LogP) is 1.87. The molecule has 0 bridgehead atoms. The van der Waals surface area contributed by atoms with Gasteiger partial charge in [-0.25, -0.2) is 8.42 Å². The van der Waals surface area contributed by atoms with Crippen LogP contribution >= 0.6 is 0 Å². The smallest absolute Gasteiger partial charge is 0.229 e. The van der Waals surface area contributed by atoms with Gasteiger partial charge in [-0.3, -0.25) is 4.79 Å². The van der Waals surface area contributed by atoms with Gasteiger partial charge in [-0.05, 0) is 50.4 Å². The summed E-state index contributed by atoms with van der Waals surface area (Å²) in [7, 11) is -3.10. The lowest BCUT2D eigenvalue weighted by molar-refractivity contribution is -0.121. The van der Waals surface area contributed by atoms with Gasteiger partial charge in [0, 0.05) is 18.0 Å². The lowest BCUT2D eigenvalue weighted by atomic mass is 9.91. The number of amides is 1. The molecule has 122 valence electrons. The largest absolute Gasteiger partial charge is 0.326 e. The molecule has 2 rings (SSSR count). The highest BCUT2D eigenvalue weighted by Crippen LogP contribution is 2.23. The number of carbonyl (C=O) groups is 1. The number of rotatable bonds is 4. The quantitative estimate of drug-likeness (QED) is 0.886. The van der Waals surface area contributed by atoms with Gasteiger partial charge in [-0.2, -0.15) is 0 Å². The van der Waals surface area contributed by atoms with Crippen LogP contribution in [0.15, 0.2) is 18.2 Å². The fraction of sp³-hybridized carbons (Fsp3) is 0.562. The first-order valence-corrected chi connectivity index (χ1v) is 9.64. The minimum absolute atomic E-state index is 0.000643. The highest BCUT2D eigenvalue weighted by Gasteiger charge is 2.27. The van der Waals surface area contributed by atoms with Crippen LogP contribution in [0.25, 0.3) is 0 Å². The van der Waals surface area contributed by atoms with Crippen LogP contribution in [0.2, 0.25) is 0 Å². The first-order chi connectivity index (χ1) is 10.3. The fourth-order valence-corrected chi connectivity index (χ4v) is 3.76. The first kappa shape index (κ1) is 17.0. The van der Waals surface area contributed by atoms with Gasteiger partial charge in [0.15, 0.2) is 9.84 Å². The van der Waals surface area contributed by atoms with E-state index in [1.165, 1.54) is 6.26 Å². The van der Waals surface area contributed by atoms with Gasteiger partial charge in [-0.1, -0.05) is 12.1 Å². The van der Waals surface area contributed by atoms with E-state index in [1.807, 2.05) is 19.9 Å². The van der Waals surface area contributed by atoms with Crippen LogP contribution in [-0.4, -0.2) is 33.2 Å². The van der Waals surface area contributed by atoms with Crippen LogP contribution in [-0.2, 0) is 20.4 Å². The van der Waals surface area contributed by atoms with Gasteiger partial charge in [0.25, 0.3) is 0 Å². The molecule has 0 unspecified atom stereocenters. The number of hydrogen-bond acceptors (Lipinski definition) is 4. The molecule has 1 amide bonds. The molecule has 0 aliphatic carbocycles. The summed E-state index contributed by atoms with van der Waals surface area (Å²) in [5.41, 5.74) is 2.25. The van der Waals surface area contributed by atoms with Gasteiger partial charge in [0.05, 0.1) is 11.7 Å². The summed E-state index contributed by atoms with van der Waals surface area (Å²) in [6, 6.07) is 5.55. The number of hydrogen-bond donors (Lipinski definition) is 2. The predicted molar refractivity (Wildman–Crippen MR) is 88.5 cm³/mol. The van der Waals surface area contributed by atoms with Crippen molar-refractivity contribution in [1.82, 2.24) is 5.32 Å². The number of benzene rings is 1. The zero-order valence-corrected chi connectivity index (χ0v) is 14.2. The number of sulfone groups is 1. The van der Waals surface area contributed by atoms with E-state index in [9.17, 15) is 13.2 Å². The Morgan fingerprint density at radius 3 is 2.77 bits per heavy atom. The van der Waals surface area contributed by atoms with Gasteiger partial charge in [-0.15, -0.1) is 0 Å². The molecule has 1 aromatic carbocycles. The van der Waals surface area contributed by atoms with Gasteiger partial charge < -0.3 is 10.6 Å². The minimum Gasteiger partial charge on any atom is -0.326 e. The zero-order chi connectivity index (χ0) is 16.3. The van der Waals surface area contributed by atoms with Crippen molar-refractivity contribution >= 4 is 21.4 Å². The monoisotopic (exact) mass is 324 g/mol. The molecule has 1 saturated heterocycles. The third-order valence-corrected chi connectivity index (χ3v) is 5.06. The average Bonchev–Trinajstić information content (AvgIpc) is 2.42. The van der Waals surface area contributed by atoms with Crippen molar-refractivity contribution in [3.63, 3.8) is 0 Å². The van der Waals surface area contributed by atoms with Crippen molar-refractivity contribution in [2.45, 2.75) is 38.5 Å². The standard InChI is InChI=1S/C16H24N2O3S/c1-11-13(10-22(3,20)21)6-4-8-15(11)18-16(19)14-7-5-9-17-12(14)2/h4,6,8,12,14,17H,5,7,9-10H2,1-3H3,(H,18,19)/t12-,14-/m1/s1. The molecule has 6 heteroatoms. The molecular formula is C16H24N2O3S. The van der Waals surface area contributed by atoms with E-state index >= 15 is 0 Å². The Kier molecular flexibility index (Phi) is 5.24. The van der Waals surface area contributed by atoms with Crippen molar-refractivity contribution in [2.75, 3.05) is 18.1 Å². The van der Waals surface area contributed by atoms with Crippen LogP contribution in [0, 0.1) is 12.8 Å².